The molecule has 0 aliphatic carbocycles. The maximum absolute atomic E-state index is 13.2. The molecule has 0 saturated heterocycles. The van der Waals surface area contributed by atoms with Gasteiger partial charge in [-0.1, -0.05) is 6.07 Å². The Labute approximate surface area is 115 Å². The molecule has 0 amide bonds. The third kappa shape index (κ3) is 3.38. The van der Waals surface area contributed by atoms with Crippen molar-refractivity contribution >= 4 is 23.7 Å². The van der Waals surface area contributed by atoms with E-state index < -0.39 is 5.97 Å². The Morgan fingerprint density at radius 3 is 2.65 bits per heavy atom. The topological polar surface area (TPSA) is 66.3 Å². The van der Waals surface area contributed by atoms with Gasteiger partial charge in [-0.25, -0.2) is 19.2 Å². The summed E-state index contributed by atoms with van der Waals surface area (Å²) in [4.78, 5) is 20.2. The smallest absolute Gasteiger partial charge is 0.328 e. The van der Waals surface area contributed by atoms with E-state index >= 15 is 0 Å². The zero-order valence-corrected chi connectivity index (χ0v) is 10.7. The minimum Gasteiger partial charge on any atom is -0.478 e. The number of aliphatic carboxylic acids is 1. The van der Waals surface area contributed by atoms with Crippen LogP contribution in [0.1, 0.15) is 5.56 Å². The van der Waals surface area contributed by atoms with Gasteiger partial charge >= 0.3 is 5.97 Å². The number of anilines is 2. The first-order chi connectivity index (χ1) is 9.56. The van der Waals surface area contributed by atoms with Crippen molar-refractivity contribution in [2.24, 2.45) is 0 Å². The van der Waals surface area contributed by atoms with Gasteiger partial charge in [-0.3, -0.25) is 0 Å². The lowest BCUT2D eigenvalue weighted by molar-refractivity contribution is -0.131. The molecular formula is C14H12FN3O2. The van der Waals surface area contributed by atoms with Crippen LogP contribution in [-0.4, -0.2) is 28.1 Å². The minimum atomic E-state index is -1.04. The highest BCUT2D eigenvalue weighted by molar-refractivity contribution is 5.85. The fourth-order valence-corrected chi connectivity index (χ4v) is 1.56. The number of halogens is 1. The van der Waals surface area contributed by atoms with Gasteiger partial charge in [-0.2, -0.15) is 0 Å². The first-order valence-electron chi connectivity index (χ1n) is 5.78. The summed E-state index contributed by atoms with van der Waals surface area (Å²) < 4.78 is 13.2. The number of rotatable bonds is 4. The van der Waals surface area contributed by atoms with Crippen molar-refractivity contribution in [1.82, 2.24) is 9.97 Å². The molecule has 20 heavy (non-hydrogen) atoms. The summed E-state index contributed by atoms with van der Waals surface area (Å²) in [5, 5.41) is 8.52. The van der Waals surface area contributed by atoms with E-state index in [1.165, 1.54) is 30.6 Å². The van der Waals surface area contributed by atoms with E-state index in [1.807, 2.05) is 0 Å². The predicted octanol–water partition coefficient (Wildman–Crippen LogP) is 2.48. The summed E-state index contributed by atoms with van der Waals surface area (Å²) in [7, 11) is 1.72. The fraction of sp³-hybridized carbons (Fsp3) is 0.0714. The quantitative estimate of drug-likeness (QED) is 0.867. The first kappa shape index (κ1) is 13.7. The molecule has 1 heterocycles. The van der Waals surface area contributed by atoms with Crippen LogP contribution in [0, 0.1) is 5.82 Å². The van der Waals surface area contributed by atoms with Gasteiger partial charge in [-0.15, -0.1) is 0 Å². The van der Waals surface area contributed by atoms with Crippen LogP contribution in [0.25, 0.3) is 6.08 Å². The summed E-state index contributed by atoms with van der Waals surface area (Å²) in [6.07, 6.45) is 5.40. The van der Waals surface area contributed by atoms with Gasteiger partial charge in [0.2, 0.25) is 5.95 Å². The van der Waals surface area contributed by atoms with Crippen molar-refractivity contribution in [3.63, 3.8) is 0 Å². The van der Waals surface area contributed by atoms with Crippen LogP contribution < -0.4 is 4.90 Å². The maximum atomic E-state index is 13.2. The standard InChI is InChI=1S/C14H12FN3O2/c1-18(12-4-2-3-11(15)7-12)14-16-8-10(9-17-14)5-6-13(19)20/h2-9H,1H3,(H,19,20)/b6-5+. The van der Waals surface area contributed by atoms with Gasteiger partial charge in [0.1, 0.15) is 5.82 Å². The zero-order chi connectivity index (χ0) is 14.5. The molecule has 0 aliphatic rings. The Morgan fingerprint density at radius 2 is 2.05 bits per heavy atom. The van der Waals surface area contributed by atoms with Gasteiger partial charge in [0, 0.05) is 36.8 Å². The first-order valence-corrected chi connectivity index (χ1v) is 5.78. The number of benzene rings is 1. The van der Waals surface area contributed by atoms with E-state index in [4.69, 9.17) is 5.11 Å². The van der Waals surface area contributed by atoms with Crippen LogP contribution in [0.4, 0.5) is 16.0 Å². The van der Waals surface area contributed by atoms with Gasteiger partial charge in [-0.05, 0) is 24.3 Å². The molecule has 0 spiro atoms. The maximum Gasteiger partial charge on any atom is 0.328 e. The van der Waals surface area contributed by atoms with Crippen LogP contribution in [0.15, 0.2) is 42.7 Å². The molecule has 0 atom stereocenters. The molecule has 0 radical (unpaired) electrons. The third-order valence-electron chi connectivity index (χ3n) is 2.57. The van der Waals surface area contributed by atoms with Gasteiger partial charge in [0.25, 0.3) is 0 Å². The van der Waals surface area contributed by atoms with Gasteiger partial charge < -0.3 is 10.0 Å². The number of hydrogen-bond acceptors (Lipinski definition) is 4. The van der Waals surface area contributed by atoms with Crippen LogP contribution >= 0.6 is 0 Å². The largest absolute Gasteiger partial charge is 0.478 e. The number of aromatic nitrogens is 2. The lowest BCUT2D eigenvalue weighted by Crippen LogP contribution is -2.13. The Morgan fingerprint density at radius 1 is 1.35 bits per heavy atom. The molecule has 1 aromatic heterocycles. The van der Waals surface area contributed by atoms with Crippen molar-refractivity contribution in [2.75, 3.05) is 11.9 Å². The second kappa shape index (κ2) is 5.92. The SMILES string of the molecule is CN(c1cccc(F)c1)c1ncc(/C=C/C(=O)O)cn1. The average Bonchev–Trinajstić information content (AvgIpc) is 2.45. The number of nitrogens with zero attached hydrogens (tertiary/aromatic N) is 3. The molecule has 2 aromatic rings. The molecule has 1 N–H and O–H groups in total. The Bertz CT molecular complexity index is 641. The van der Waals surface area contributed by atoms with E-state index in [1.54, 1.807) is 24.1 Å². The third-order valence-corrected chi connectivity index (χ3v) is 2.57. The van der Waals surface area contributed by atoms with Crippen molar-refractivity contribution in [1.29, 1.82) is 0 Å². The van der Waals surface area contributed by atoms with Crippen LogP contribution in [-0.2, 0) is 4.79 Å². The summed E-state index contributed by atoms with van der Waals surface area (Å²) in [6.45, 7) is 0. The van der Waals surface area contributed by atoms with Crippen molar-refractivity contribution in [3.05, 3.63) is 54.1 Å². The summed E-state index contributed by atoms with van der Waals surface area (Å²) >= 11 is 0. The Hall–Kier alpha value is -2.76. The molecule has 0 fully saturated rings. The van der Waals surface area contributed by atoms with Gasteiger partial charge in [0.05, 0.1) is 0 Å². The normalized spacial score (nSPS) is 10.7. The summed E-state index contributed by atoms with van der Waals surface area (Å²) in [5.41, 5.74) is 1.20. The highest BCUT2D eigenvalue weighted by Crippen LogP contribution is 2.20. The number of carboxylic acids is 1. The number of carbonyl (C=O) groups is 1. The summed E-state index contributed by atoms with van der Waals surface area (Å²) in [6, 6.07) is 6.08. The summed E-state index contributed by atoms with van der Waals surface area (Å²) in [5.74, 6) is -0.982. The fourth-order valence-electron chi connectivity index (χ4n) is 1.56. The zero-order valence-electron chi connectivity index (χ0n) is 10.7. The minimum absolute atomic E-state index is 0.338. The molecule has 0 bridgehead atoms. The molecule has 102 valence electrons. The molecule has 5 nitrogen and oxygen atoms in total. The molecule has 0 saturated carbocycles. The molecule has 2 rings (SSSR count). The van der Waals surface area contributed by atoms with E-state index in [-0.39, 0.29) is 5.82 Å². The lowest BCUT2D eigenvalue weighted by Gasteiger charge is -2.16. The van der Waals surface area contributed by atoms with Crippen molar-refractivity contribution < 1.29 is 14.3 Å². The molecule has 0 aliphatic heterocycles. The Balaban J connectivity index is 2.19. The monoisotopic (exact) mass is 273 g/mol. The van der Waals surface area contributed by atoms with Gasteiger partial charge in [0.15, 0.2) is 0 Å². The predicted molar refractivity (Wildman–Crippen MR) is 73.2 cm³/mol. The van der Waals surface area contributed by atoms with Crippen LogP contribution in [0.5, 0.6) is 0 Å². The number of carboxylic acid groups (broad SMARTS) is 1. The van der Waals surface area contributed by atoms with E-state index in [2.05, 4.69) is 9.97 Å². The second-order valence-electron chi connectivity index (χ2n) is 4.03. The molecule has 0 unspecified atom stereocenters. The highest BCUT2D eigenvalue weighted by atomic mass is 19.1. The molecule has 6 heteroatoms. The highest BCUT2D eigenvalue weighted by Gasteiger charge is 2.07. The number of hydrogen-bond donors (Lipinski definition) is 1. The lowest BCUT2D eigenvalue weighted by atomic mass is 10.3. The molecule has 1 aromatic carbocycles. The van der Waals surface area contributed by atoms with E-state index in [9.17, 15) is 9.18 Å². The van der Waals surface area contributed by atoms with E-state index in [0.29, 0.717) is 17.2 Å². The molecular weight excluding hydrogens is 261 g/mol. The van der Waals surface area contributed by atoms with Crippen LogP contribution in [0.3, 0.4) is 0 Å². The van der Waals surface area contributed by atoms with Crippen LogP contribution in [0.2, 0.25) is 0 Å². The van der Waals surface area contributed by atoms with Crippen molar-refractivity contribution in [3.8, 4) is 0 Å². The van der Waals surface area contributed by atoms with Crippen molar-refractivity contribution in [2.45, 2.75) is 0 Å². The average molecular weight is 273 g/mol. The second-order valence-corrected chi connectivity index (χ2v) is 4.03. The van der Waals surface area contributed by atoms with E-state index in [0.717, 1.165) is 6.08 Å². The Kier molecular flexibility index (Phi) is 4.05.